The van der Waals surface area contributed by atoms with Gasteiger partial charge in [-0.05, 0) is 36.8 Å². The average molecular weight is 271 g/mol. The Bertz CT molecular complexity index is 684. The second-order valence-electron chi connectivity index (χ2n) is 4.47. The standard InChI is InChI=1S/C16H11F2NO/c1-10-6-11(8-12(17)7-10)16(20)14(9-19)13-4-2-3-5-15(13)18/h2-8,14H,1H3. The Morgan fingerprint density at radius 3 is 2.50 bits per heavy atom. The maximum atomic E-state index is 13.7. The van der Waals surface area contributed by atoms with Gasteiger partial charge in [0.25, 0.3) is 0 Å². The van der Waals surface area contributed by atoms with Crippen LogP contribution in [0.5, 0.6) is 0 Å². The highest BCUT2D eigenvalue weighted by Crippen LogP contribution is 2.23. The van der Waals surface area contributed by atoms with E-state index in [1.54, 1.807) is 19.1 Å². The van der Waals surface area contributed by atoms with Crippen LogP contribution in [0, 0.1) is 29.9 Å². The minimum atomic E-state index is -1.28. The molecular formula is C16H11F2NO. The zero-order chi connectivity index (χ0) is 14.7. The van der Waals surface area contributed by atoms with Crippen LogP contribution in [0.1, 0.15) is 27.4 Å². The molecule has 4 heteroatoms. The van der Waals surface area contributed by atoms with Crippen LogP contribution in [-0.4, -0.2) is 5.78 Å². The summed E-state index contributed by atoms with van der Waals surface area (Å²) in [4.78, 5) is 12.3. The smallest absolute Gasteiger partial charge is 0.184 e. The number of Topliss-reactive ketones (excluding diaryl/α,β-unsaturated/α-hetero) is 1. The molecule has 2 aromatic carbocycles. The van der Waals surface area contributed by atoms with Crippen LogP contribution in [0.4, 0.5) is 8.78 Å². The number of carbonyl (C=O) groups excluding carboxylic acids is 1. The minimum Gasteiger partial charge on any atom is -0.292 e. The molecule has 0 spiro atoms. The number of aryl methyl sites for hydroxylation is 1. The molecular weight excluding hydrogens is 260 g/mol. The van der Waals surface area contributed by atoms with Gasteiger partial charge in [-0.3, -0.25) is 4.79 Å². The molecule has 0 bridgehead atoms. The van der Waals surface area contributed by atoms with Crippen molar-refractivity contribution in [2.24, 2.45) is 0 Å². The third-order valence-corrected chi connectivity index (χ3v) is 2.93. The second kappa shape index (κ2) is 5.62. The number of benzene rings is 2. The lowest BCUT2D eigenvalue weighted by Crippen LogP contribution is -2.13. The predicted octanol–water partition coefficient (Wildman–Crippen LogP) is 3.76. The normalized spacial score (nSPS) is 11.7. The van der Waals surface area contributed by atoms with Gasteiger partial charge in [-0.25, -0.2) is 8.78 Å². The van der Waals surface area contributed by atoms with Crippen LogP contribution in [0.15, 0.2) is 42.5 Å². The number of halogens is 2. The van der Waals surface area contributed by atoms with Crippen molar-refractivity contribution < 1.29 is 13.6 Å². The van der Waals surface area contributed by atoms with E-state index in [1.165, 1.54) is 30.3 Å². The summed E-state index contributed by atoms with van der Waals surface area (Å²) in [5.41, 5.74) is 0.637. The molecule has 20 heavy (non-hydrogen) atoms. The lowest BCUT2D eigenvalue weighted by molar-refractivity contribution is 0.0977. The molecule has 0 aliphatic carbocycles. The van der Waals surface area contributed by atoms with E-state index in [0.29, 0.717) is 5.56 Å². The second-order valence-corrected chi connectivity index (χ2v) is 4.47. The predicted molar refractivity (Wildman–Crippen MR) is 70.2 cm³/mol. The fourth-order valence-electron chi connectivity index (χ4n) is 2.02. The fourth-order valence-corrected chi connectivity index (χ4v) is 2.02. The Hall–Kier alpha value is -2.54. The number of hydrogen-bond donors (Lipinski definition) is 0. The van der Waals surface area contributed by atoms with E-state index < -0.39 is 23.3 Å². The molecule has 2 nitrogen and oxygen atoms in total. The van der Waals surface area contributed by atoms with E-state index in [0.717, 1.165) is 6.07 Å². The van der Waals surface area contributed by atoms with E-state index >= 15 is 0 Å². The lowest BCUT2D eigenvalue weighted by Gasteiger charge is -2.10. The topological polar surface area (TPSA) is 40.9 Å². The first-order valence-corrected chi connectivity index (χ1v) is 5.98. The van der Waals surface area contributed by atoms with Crippen LogP contribution in [-0.2, 0) is 0 Å². The van der Waals surface area contributed by atoms with E-state index in [4.69, 9.17) is 5.26 Å². The molecule has 0 aliphatic heterocycles. The van der Waals surface area contributed by atoms with E-state index in [-0.39, 0.29) is 11.1 Å². The summed E-state index contributed by atoms with van der Waals surface area (Å²) in [6, 6.07) is 11.2. The molecule has 0 saturated heterocycles. The summed E-state index contributed by atoms with van der Waals surface area (Å²) in [6.45, 7) is 1.64. The molecule has 2 rings (SSSR count). The van der Waals surface area contributed by atoms with Gasteiger partial charge in [0.2, 0.25) is 0 Å². The first kappa shape index (κ1) is 13.9. The molecule has 1 unspecified atom stereocenters. The Morgan fingerprint density at radius 2 is 1.90 bits per heavy atom. The molecule has 0 heterocycles. The van der Waals surface area contributed by atoms with Crippen molar-refractivity contribution in [1.82, 2.24) is 0 Å². The Kier molecular flexibility index (Phi) is 3.90. The van der Waals surface area contributed by atoms with Crippen LogP contribution >= 0.6 is 0 Å². The van der Waals surface area contributed by atoms with Crippen LogP contribution in [0.2, 0.25) is 0 Å². The highest BCUT2D eigenvalue weighted by atomic mass is 19.1. The average Bonchev–Trinajstić information content (AvgIpc) is 2.40. The van der Waals surface area contributed by atoms with Crippen LogP contribution < -0.4 is 0 Å². The summed E-state index contributed by atoms with van der Waals surface area (Å²) in [7, 11) is 0. The van der Waals surface area contributed by atoms with Crippen molar-refractivity contribution in [1.29, 1.82) is 5.26 Å². The summed E-state index contributed by atoms with van der Waals surface area (Å²) in [5.74, 6) is -3.07. The molecule has 2 aromatic rings. The van der Waals surface area contributed by atoms with E-state index in [1.807, 2.05) is 0 Å². The molecule has 0 saturated carbocycles. The molecule has 100 valence electrons. The van der Waals surface area contributed by atoms with Crippen LogP contribution in [0.25, 0.3) is 0 Å². The maximum Gasteiger partial charge on any atom is 0.184 e. The maximum absolute atomic E-state index is 13.7. The van der Waals surface area contributed by atoms with Crippen LogP contribution in [0.3, 0.4) is 0 Å². The lowest BCUT2D eigenvalue weighted by atomic mass is 9.91. The third-order valence-electron chi connectivity index (χ3n) is 2.93. The summed E-state index contributed by atoms with van der Waals surface area (Å²) >= 11 is 0. The van der Waals surface area contributed by atoms with Gasteiger partial charge in [0.15, 0.2) is 5.78 Å². The van der Waals surface area contributed by atoms with Crippen molar-refractivity contribution in [2.75, 3.05) is 0 Å². The Labute approximate surface area is 115 Å². The molecule has 0 aromatic heterocycles. The van der Waals surface area contributed by atoms with Crippen molar-refractivity contribution in [3.63, 3.8) is 0 Å². The van der Waals surface area contributed by atoms with Gasteiger partial charge in [0, 0.05) is 11.1 Å². The number of rotatable bonds is 3. The summed E-state index contributed by atoms with van der Waals surface area (Å²) < 4.78 is 27.0. The van der Waals surface area contributed by atoms with Gasteiger partial charge in [0.1, 0.15) is 17.6 Å². The molecule has 0 aliphatic rings. The molecule has 0 fully saturated rings. The highest BCUT2D eigenvalue weighted by molar-refractivity contribution is 6.02. The highest BCUT2D eigenvalue weighted by Gasteiger charge is 2.24. The SMILES string of the molecule is Cc1cc(F)cc(C(=O)C(C#N)c2ccccc2F)c1. The first-order valence-electron chi connectivity index (χ1n) is 5.98. The quantitative estimate of drug-likeness (QED) is 0.797. The van der Waals surface area contributed by atoms with Gasteiger partial charge in [-0.2, -0.15) is 5.26 Å². The number of carbonyl (C=O) groups is 1. The molecule has 0 radical (unpaired) electrons. The first-order chi connectivity index (χ1) is 9.52. The Balaban J connectivity index is 2.45. The molecule has 1 atom stereocenters. The van der Waals surface area contributed by atoms with Crippen molar-refractivity contribution in [2.45, 2.75) is 12.8 Å². The van der Waals surface area contributed by atoms with Gasteiger partial charge < -0.3 is 0 Å². The van der Waals surface area contributed by atoms with Crippen molar-refractivity contribution in [3.05, 3.63) is 70.8 Å². The Morgan fingerprint density at radius 1 is 1.20 bits per heavy atom. The van der Waals surface area contributed by atoms with Gasteiger partial charge in [0.05, 0.1) is 6.07 Å². The monoisotopic (exact) mass is 271 g/mol. The number of ketones is 1. The zero-order valence-corrected chi connectivity index (χ0v) is 10.7. The number of hydrogen-bond acceptors (Lipinski definition) is 2. The largest absolute Gasteiger partial charge is 0.292 e. The fraction of sp³-hybridized carbons (Fsp3) is 0.125. The van der Waals surface area contributed by atoms with Gasteiger partial charge >= 0.3 is 0 Å². The van der Waals surface area contributed by atoms with Gasteiger partial charge in [-0.1, -0.05) is 18.2 Å². The third kappa shape index (κ3) is 2.72. The summed E-state index contributed by atoms with van der Waals surface area (Å²) in [6.07, 6.45) is 0. The number of nitriles is 1. The zero-order valence-electron chi connectivity index (χ0n) is 10.7. The van der Waals surface area contributed by atoms with Crippen molar-refractivity contribution in [3.8, 4) is 6.07 Å². The number of nitrogens with zero attached hydrogens (tertiary/aromatic N) is 1. The minimum absolute atomic E-state index is 0.00177. The molecule has 0 amide bonds. The molecule has 0 N–H and O–H groups in total. The van der Waals surface area contributed by atoms with Gasteiger partial charge in [-0.15, -0.1) is 0 Å². The van der Waals surface area contributed by atoms with E-state index in [9.17, 15) is 13.6 Å². The van der Waals surface area contributed by atoms with Crippen molar-refractivity contribution >= 4 is 5.78 Å². The van der Waals surface area contributed by atoms with E-state index in [2.05, 4.69) is 0 Å². The summed E-state index contributed by atoms with van der Waals surface area (Å²) in [5, 5.41) is 9.14.